The summed E-state index contributed by atoms with van der Waals surface area (Å²) in [5.41, 5.74) is 0.331. The number of hydrogen-bond acceptors (Lipinski definition) is 4. The third-order valence-corrected chi connectivity index (χ3v) is 2.89. The molecule has 72 valence electrons. The Labute approximate surface area is 79.8 Å². The topological polar surface area (TPSA) is 74.6 Å². The highest BCUT2D eigenvalue weighted by atomic mass is 35.7. The first-order valence-corrected chi connectivity index (χ1v) is 5.60. The van der Waals surface area contributed by atoms with Crippen molar-refractivity contribution in [3.63, 3.8) is 0 Å². The third kappa shape index (κ3) is 2.05. The Morgan fingerprint density at radius 3 is 2.23 bits per heavy atom. The van der Waals surface area contributed by atoms with E-state index in [9.17, 15) is 8.42 Å². The van der Waals surface area contributed by atoms with Crippen molar-refractivity contribution in [1.82, 2.24) is 0 Å². The maximum atomic E-state index is 10.8. The van der Waals surface area contributed by atoms with Gasteiger partial charge in [-0.15, -0.1) is 0 Å². The lowest BCUT2D eigenvalue weighted by Gasteiger charge is -2.03. The molecule has 0 saturated heterocycles. The van der Waals surface area contributed by atoms with Crippen molar-refractivity contribution in [2.45, 2.75) is 11.8 Å². The van der Waals surface area contributed by atoms with Crippen molar-refractivity contribution in [2.24, 2.45) is 0 Å². The zero-order valence-corrected chi connectivity index (χ0v) is 8.22. The first-order chi connectivity index (χ1) is 5.82. The Morgan fingerprint density at radius 1 is 1.23 bits per heavy atom. The van der Waals surface area contributed by atoms with Crippen LogP contribution in [0.4, 0.5) is 0 Å². The number of hydrogen-bond donors (Lipinski definition) is 2. The van der Waals surface area contributed by atoms with Gasteiger partial charge in [-0.05, 0) is 18.6 Å². The van der Waals surface area contributed by atoms with E-state index in [2.05, 4.69) is 0 Å². The molecule has 0 bridgehead atoms. The van der Waals surface area contributed by atoms with E-state index < -0.39 is 19.7 Å². The highest BCUT2D eigenvalue weighted by molar-refractivity contribution is 8.13. The molecule has 2 N–H and O–H groups in total. The second kappa shape index (κ2) is 3.08. The van der Waals surface area contributed by atoms with Crippen LogP contribution in [-0.2, 0) is 9.05 Å². The average Bonchev–Trinajstić information content (AvgIpc) is 1.94. The van der Waals surface area contributed by atoms with Gasteiger partial charge in [0.1, 0.15) is 16.4 Å². The van der Waals surface area contributed by atoms with Crippen LogP contribution in [0, 0.1) is 6.92 Å². The fraction of sp³-hybridized carbons (Fsp3) is 0.143. The predicted octanol–water partition coefficient (Wildman–Crippen LogP) is 1.33. The second-order valence-corrected chi connectivity index (χ2v) is 5.08. The van der Waals surface area contributed by atoms with Crippen LogP contribution in [0.1, 0.15) is 5.56 Å². The van der Waals surface area contributed by atoms with Crippen LogP contribution >= 0.6 is 10.7 Å². The molecule has 0 aliphatic carbocycles. The normalized spacial score (nSPS) is 11.5. The molecule has 0 spiro atoms. The molecule has 0 radical (unpaired) electrons. The molecule has 0 aliphatic heterocycles. The van der Waals surface area contributed by atoms with Gasteiger partial charge in [-0.3, -0.25) is 0 Å². The fourth-order valence-corrected chi connectivity index (χ4v) is 1.85. The molecule has 13 heavy (non-hydrogen) atoms. The average molecular weight is 223 g/mol. The molecule has 6 heteroatoms. The molecule has 0 unspecified atom stereocenters. The Bertz CT molecular complexity index is 438. The lowest BCUT2D eigenvalue weighted by molar-refractivity contribution is 0.437. The summed E-state index contributed by atoms with van der Waals surface area (Å²) in [6, 6.07) is 2.04. The van der Waals surface area contributed by atoms with Gasteiger partial charge in [0.05, 0.1) is 0 Å². The van der Waals surface area contributed by atoms with Crippen molar-refractivity contribution in [3.05, 3.63) is 17.7 Å². The van der Waals surface area contributed by atoms with E-state index in [-0.39, 0.29) is 5.75 Å². The van der Waals surface area contributed by atoms with Crippen molar-refractivity contribution < 1.29 is 18.6 Å². The lowest BCUT2D eigenvalue weighted by Crippen LogP contribution is -1.92. The van der Waals surface area contributed by atoms with Crippen molar-refractivity contribution in [2.75, 3.05) is 0 Å². The zero-order valence-electron chi connectivity index (χ0n) is 6.65. The molecule has 1 rings (SSSR count). The van der Waals surface area contributed by atoms with E-state index in [0.717, 1.165) is 12.1 Å². The molecular weight excluding hydrogens is 216 g/mol. The van der Waals surface area contributed by atoms with Gasteiger partial charge in [-0.25, -0.2) is 8.42 Å². The molecule has 0 fully saturated rings. The standard InChI is InChI=1S/C7H7ClO4S/c1-4-2-7(13(8,11)12)6(10)3-5(4)9/h2-3,9-10H,1H3. The first-order valence-electron chi connectivity index (χ1n) is 3.29. The predicted molar refractivity (Wildman–Crippen MR) is 47.5 cm³/mol. The largest absolute Gasteiger partial charge is 0.508 e. The number of aryl methyl sites for hydroxylation is 1. The van der Waals surface area contributed by atoms with E-state index in [1.54, 1.807) is 0 Å². The van der Waals surface area contributed by atoms with E-state index in [0.29, 0.717) is 5.56 Å². The minimum Gasteiger partial charge on any atom is -0.508 e. The molecule has 0 saturated carbocycles. The van der Waals surface area contributed by atoms with Gasteiger partial charge in [0.2, 0.25) is 0 Å². The number of rotatable bonds is 1. The highest BCUT2D eigenvalue weighted by Crippen LogP contribution is 2.31. The highest BCUT2D eigenvalue weighted by Gasteiger charge is 2.17. The van der Waals surface area contributed by atoms with Crippen LogP contribution in [0.3, 0.4) is 0 Å². The van der Waals surface area contributed by atoms with Crippen LogP contribution in [0.2, 0.25) is 0 Å². The van der Waals surface area contributed by atoms with E-state index in [1.807, 2.05) is 0 Å². The van der Waals surface area contributed by atoms with Gasteiger partial charge in [0, 0.05) is 16.7 Å². The lowest BCUT2D eigenvalue weighted by atomic mass is 10.2. The van der Waals surface area contributed by atoms with Gasteiger partial charge in [-0.1, -0.05) is 0 Å². The number of phenols is 2. The molecule has 0 atom stereocenters. The Balaban J connectivity index is 3.50. The molecule has 1 aromatic rings. The minimum absolute atomic E-state index is 0.179. The molecule has 0 aliphatic rings. The Hall–Kier alpha value is -0.940. The zero-order chi connectivity index (χ0) is 10.2. The second-order valence-electron chi connectivity index (χ2n) is 2.54. The van der Waals surface area contributed by atoms with Crippen LogP contribution < -0.4 is 0 Å². The van der Waals surface area contributed by atoms with Crippen LogP contribution in [0.25, 0.3) is 0 Å². The van der Waals surface area contributed by atoms with Gasteiger partial charge < -0.3 is 10.2 Å². The third-order valence-electron chi connectivity index (χ3n) is 1.54. The summed E-state index contributed by atoms with van der Waals surface area (Å²) in [4.78, 5) is -0.399. The summed E-state index contributed by atoms with van der Waals surface area (Å²) in [5, 5.41) is 18.2. The van der Waals surface area contributed by atoms with E-state index >= 15 is 0 Å². The van der Waals surface area contributed by atoms with Gasteiger partial charge in [0.15, 0.2) is 0 Å². The first kappa shape index (κ1) is 10.1. The smallest absolute Gasteiger partial charge is 0.264 e. The maximum Gasteiger partial charge on any atom is 0.264 e. The van der Waals surface area contributed by atoms with E-state index in [1.165, 1.54) is 6.92 Å². The molecule has 4 nitrogen and oxygen atoms in total. The number of benzene rings is 1. The van der Waals surface area contributed by atoms with Crippen molar-refractivity contribution >= 4 is 19.7 Å². The minimum atomic E-state index is -3.96. The van der Waals surface area contributed by atoms with Crippen LogP contribution in [-0.4, -0.2) is 18.6 Å². The van der Waals surface area contributed by atoms with Crippen LogP contribution in [0.15, 0.2) is 17.0 Å². The SMILES string of the molecule is Cc1cc(S(=O)(=O)Cl)c(O)cc1O. The van der Waals surface area contributed by atoms with Crippen molar-refractivity contribution in [3.8, 4) is 11.5 Å². The summed E-state index contributed by atoms with van der Waals surface area (Å²) >= 11 is 0. The molecule has 1 aromatic carbocycles. The van der Waals surface area contributed by atoms with Crippen LogP contribution in [0.5, 0.6) is 11.5 Å². The molecule has 0 amide bonds. The Kier molecular flexibility index (Phi) is 2.40. The maximum absolute atomic E-state index is 10.8. The summed E-state index contributed by atoms with van der Waals surface area (Å²) in [7, 11) is 1.06. The van der Waals surface area contributed by atoms with Crippen molar-refractivity contribution in [1.29, 1.82) is 0 Å². The fourth-order valence-electron chi connectivity index (χ4n) is 0.854. The summed E-state index contributed by atoms with van der Waals surface area (Å²) < 4.78 is 21.7. The Morgan fingerprint density at radius 2 is 1.77 bits per heavy atom. The number of phenolic OH excluding ortho intramolecular Hbond substituents is 2. The summed E-state index contributed by atoms with van der Waals surface area (Å²) in [6.07, 6.45) is 0. The van der Waals surface area contributed by atoms with Gasteiger partial charge in [-0.2, -0.15) is 0 Å². The summed E-state index contributed by atoms with van der Waals surface area (Å²) in [6.45, 7) is 1.50. The summed E-state index contributed by atoms with van der Waals surface area (Å²) in [5.74, 6) is -0.736. The quantitative estimate of drug-likeness (QED) is 0.703. The monoisotopic (exact) mass is 222 g/mol. The number of halogens is 1. The number of aromatic hydroxyl groups is 2. The molecular formula is C7H7ClO4S. The molecule has 0 heterocycles. The van der Waals surface area contributed by atoms with Gasteiger partial charge in [0.25, 0.3) is 9.05 Å². The molecule has 0 aromatic heterocycles. The van der Waals surface area contributed by atoms with E-state index in [4.69, 9.17) is 20.9 Å². The van der Waals surface area contributed by atoms with Gasteiger partial charge >= 0.3 is 0 Å².